The molecule has 7 nitrogen and oxygen atoms in total. The first-order chi connectivity index (χ1) is 12.5. The summed E-state index contributed by atoms with van der Waals surface area (Å²) in [5.74, 6) is 0.949. The number of H-pyrrole nitrogens is 1. The van der Waals surface area contributed by atoms with Gasteiger partial charge in [0.15, 0.2) is 0 Å². The predicted octanol–water partition coefficient (Wildman–Crippen LogP) is 1.88. The predicted molar refractivity (Wildman–Crippen MR) is 98.8 cm³/mol. The molecule has 26 heavy (non-hydrogen) atoms. The lowest BCUT2D eigenvalue weighted by Crippen LogP contribution is -2.28. The van der Waals surface area contributed by atoms with Crippen LogP contribution in [0.5, 0.6) is 0 Å². The van der Waals surface area contributed by atoms with Gasteiger partial charge in [-0.1, -0.05) is 12.1 Å². The minimum atomic E-state index is -0.224. The number of nitrogens with one attached hydrogen (secondary N) is 1. The standard InChI is InChI=1S/C19H21N5O2/c1-23-10-8-20-17(23)7-4-9-24(2)19(26)15-6-3-5-14(11-15)16-12-18(25)22-13-21-16/h3,5-6,8,10-13H,4,7,9H2,1-2H3,(H,21,22,25). The van der Waals surface area contributed by atoms with Crippen molar-refractivity contribution in [1.29, 1.82) is 0 Å². The Morgan fingerprint density at radius 3 is 2.85 bits per heavy atom. The highest BCUT2D eigenvalue weighted by Gasteiger charge is 2.13. The largest absolute Gasteiger partial charge is 0.342 e. The number of nitrogens with zero attached hydrogens (tertiary/aromatic N) is 4. The second kappa shape index (κ2) is 7.77. The molecule has 0 radical (unpaired) electrons. The Kier molecular flexibility index (Phi) is 5.26. The van der Waals surface area contributed by atoms with Crippen LogP contribution >= 0.6 is 0 Å². The van der Waals surface area contributed by atoms with E-state index in [1.54, 1.807) is 36.3 Å². The molecule has 0 saturated heterocycles. The van der Waals surface area contributed by atoms with Gasteiger partial charge in [0.1, 0.15) is 5.82 Å². The maximum absolute atomic E-state index is 12.7. The molecule has 0 saturated carbocycles. The monoisotopic (exact) mass is 351 g/mol. The number of imidazole rings is 1. The SMILES string of the molecule is CN(CCCc1nccn1C)C(=O)c1cccc(-c2cc(=O)[nH]cn2)c1. The van der Waals surface area contributed by atoms with Crippen molar-refractivity contribution in [2.75, 3.05) is 13.6 Å². The molecule has 0 unspecified atom stereocenters. The molecule has 0 spiro atoms. The van der Waals surface area contributed by atoms with Crippen LogP contribution in [0.2, 0.25) is 0 Å². The molecule has 3 rings (SSSR count). The van der Waals surface area contributed by atoms with Crippen molar-refractivity contribution < 1.29 is 4.79 Å². The van der Waals surface area contributed by atoms with Gasteiger partial charge in [0, 0.05) is 56.6 Å². The van der Waals surface area contributed by atoms with Crippen LogP contribution in [0.1, 0.15) is 22.6 Å². The normalized spacial score (nSPS) is 10.7. The second-order valence-electron chi connectivity index (χ2n) is 6.16. The number of rotatable bonds is 6. The number of aromatic nitrogens is 4. The van der Waals surface area contributed by atoms with Gasteiger partial charge >= 0.3 is 0 Å². The molecule has 2 heterocycles. The lowest BCUT2D eigenvalue weighted by molar-refractivity contribution is 0.0793. The van der Waals surface area contributed by atoms with Gasteiger partial charge in [0.25, 0.3) is 11.5 Å². The van der Waals surface area contributed by atoms with Gasteiger partial charge in [0.05, 0.1) is 12.0 Å². The van der Waals surface area contributed by atoms with Gasteiger partial charge in [-0.25, -0.2) is 9.97 Å². The molecule has 0 fully saturated rings. The summed E-state index contributed by atoms with van der Waals surface area (Å²) in [6, 6.07) is 8.58. The van der Waals surface area contributed by atoms with Crippen LogP contribution in [-0.2, 0) is 13.5 Å². The molecule has 1 N–H and O–H groups in total. The molecule has 0 aliphatic heterocycles. The minimum Gasteiger partial charge on any atom is -0.342 e. The summed E-state index contributed by atoms with van der Waals surface area (Å²) in [5, 5.41) is 0. The fourth-order valence-electron chi connectivity index (χ4n) is 2.77. The molecule has 0 aliphatic carbocycles. The number of hydrogen-bond acceptors (Lipinski definition) is 4. The summed E-state index contributed by atoms with van der Waals surface area (Å²) >= 11 is 0. The molecule has 1 amide bonds. The number of benzene rings is 1. The molecule has 0 aliphatic rings. The molecule has 134 valence electrons. The molecule has 0 atom stereocenters. The van der Waals surface area contributed by atoms with Crippen LogP contribution in [0.25, 0.3) is 11.3 Å². The Labute approximate surface area is 151 Å². The van der Waals surface area contributed by atoms with Crippen LogP contribution < -0.4 is 5.56 Å². The number of aromatic amines is 1. The maximum Gasteiger partial charge on any atom is 0.253 e. The van der Waals surface area contributed by atoms with E-state index in [0.29, 0.717) is 17.8 Å². The van der Waals surface area contributed by atoms with Crippen molar-refractivity contribution in [1.82, 2.24) is 24.4 Å². The third-order valence-corrected chi connectivity index (χ3v) is 4.25. The molecular weight excluding hydrogens is 330 g/mol. The summed E-state index contributed by atoms with van der Waals surface area (Å²) in [7, 11) is 3.75. The smallest absolute Gasteiger partial charge is 0.253 e. The molecule has 1 aromatic carbocycles. The average molecular weight is 351 g/mol. The Morgan fingerprint density at radius 2 is 2.12 bits per heavy atom. The number of amides is 1. The van der Waals surface area contributed by atoms with Crippen molar-refractivity contribution >= 4 is 5.91 Å². The molecule has 7 heteroatoms. The minimum absolute atomic E-state index is 0.0588. The van der Waals surface area contributed by atoms with E-state index in [2.05, 4.69) is 15.0 Å². The highest BCUT2D eigenvalue weighted by molar-refractivity contribution is 5.95. The second-order valence-corrected chi connectivity index (χ2v) is 6.16. The van der Waals surface area contributed by atoms with Crippen molar-refractivity contribution in [3.05, 3.63) is 70.8 Å². The summed E-state index contributed by atoms with van der Waals surface area (Å²) in [5.41, 5.74) is 1.63. The molecule has 2 aromatic heterocycles. The van der Waals surface area contributed by atoms with Crippen molar-refractivity contribution in [2.24, 2.45) is 7.05 Å². The van der Waals surface area contributed by atoms with Crippen molar-refractivity contribution in [3.8, 4) is 11.3 Å². The molecule has 3 aromatic rings. The summed E-state index contributed by atoms with van der Waals surface area (Å²) < 4.78 is 1.99. The van der Waals surface area contributed by atoms with Crippen molar-refractivity contribution in [2.45, 2.75) is 12.8 Å². The van der Waals surface area contributed by atoms with Crippen LogP contribution in [0.4, 0.5) is 0 Å². The fourth-order valence-corrected chi connectivity index (χ4v) is 2.77. The quantitative estimate of drug-likeness (QED) is 0.735. The number of carbonyl (C=O) groups excluding carboxylic acids is 1. The summed E-state index contributed by atoms with van der Waals surface area (Å²) in [6.45, 7) is 0.638. The van der Waals surface area contributed by atoms with Crippen LogP contribution in [0.3, 0.4) is 0 Å². The van der Waals surface area contributed by atoms with E-state index in [0.717, 1.165) is 24.2 Å². The number of aryl methyl sites for hydroxylation is 2. The van der Waals surface area contributed by atoms with Gasteiger partial charge in [0.2, 0.25) is 0 Å². The van der Waals surface area contributed by atoms with Gasteiger partial charge in [-0.3, -0.25) is 9.59 Å². The van der Waals surface area contributed by atoms with E-state index in [-0.39, 0.29) is 11.5 Å². The molecular formula is C19H21N5O2. The summed E-state index contributed by atoms with van der Waals surface area (Å²) in [4.78, 5) is 36.8. The zero-order chi connectivity index (χ0) is 18.5. The third-order valence-electron chi connectivity index (χ3n) is 4.25. The van der Waals surface area contributed by atoms with E-state index in [9.17, 15) is 9.59 Å². The first-order valence-corrected chi connectivity index (χ1v) is 8.41. The first kappa shape index (κ1) is 17.6. The first-order valence-electron chi connectivity index (χ1n) is 8.41. The Bertz CT molecular complexity index is 960. The van der Waals surface area contributed by atoms with E-state index in [4.69, 9.17) is 0 Å². The number of carbonyl (C=O) groups is 1. The number of hydrogen-bond donors (Lipinski definition) is 1. The van der Waals surface area contributed by atoms with Crippen LogP contribution in [0.15, 0.2) is 53.8 Å². The zero-order valence-corrected chi connectivity index (χ0v) is 14.8. The maximum atomic E-state index is 12.7. The van der Waals surface area contributed by atoms with Crippen LogP contribution in [0, 0.1) is 0 Å². The topological polar surface area (TPSA) is 83.9 Å². The van der Waals surface area contributed by atoms with Crippen LogP contribution in [-0.4, -0.2) is 43.9 Å². The van der Waals surface area contributed by atoms with E-state index >= 15 is 0 Å². The highest BCUT2D eigenvalue weighted by Crippen LogP contribution is 2.17. The average Bonchev–Trinajstić information content (AvgIpc) is 3.06. The third kappa shape index (κ3) is 4.05. The van der Waals surface area contributed by atoms with Gasteiger partial charge in [-0.05, 0) is 18.6 Å². The van der Waals surface area contributed by atoms with E-state index in [1.807, 2.05) is 23.9 Å². The Hall–Kier alpha value is -3.22. The zero-order valence-electron chi connectivity index (χ0n) is 14.8. The summed E-state index contributed by atoms with van der Waals surface area (Å²) in [6.07, 6.45) is 6.70. The van der Waals surface area contributed by atoms with E-state index < -0.39 is 0 Å². The molecule has 0 bridgehead atoms. The Morgan fingerprint density at radius 1 is 1.27 bits per heavy atom. The van der Waals surface area contributed by atoms with Gasteiger partial charge in [-0.2, -0.15) is 0 Å². The van der Waals surface area contributed by atoms with E-state index in [1.165, 1.54) is 12.4 Å². The Balaban J connectivity index is 1.66. The fraction of sp³-hybridized carbons (Fsp3) is 0.263. The van der Waals surface area contributed by atoms with Gasteiger partial charge < -0.3 is 14.5 Å². The highest BCUT2D eigenvalue weighted by atomic mass is 16.2. The van der Waals surface area contributed by atoms with Crippen molar-refractivity contribution in [3.63, 3.8) is 0 Å². The van der Waals surface area contributed by atoms with Gasteiger partial charge in [-0.15, -0.1) is 0 Å². The lowest BCUT2D eigenvalue weighted by Gasteiger charge is -2.17. The lowest BCUT2D eigenvalue weighted by atomic mass is 10.1.